The number of ether oxygens (including phenoxy) is 2. The number of para-hydroxylation sites is 1. The second-order valence-corrected chi connectivity index (χ2v) is 16.0. The van der Waals surface area contributed by atoms with Crippen molar-refractivity contribution in [3.05, 3.63) is 59.2 Å². The smallest absolute Gasteiger partial charge is 0.419 e. The molecule has 11 heteroatoms. The van der Waals surface area contributed by atoms with Crippen LogP contribution in [0.5, 0.6) is 5.75 Å². The average molecular weight is 698 g/mol. The van der Waals surface area contributed by atoms with E-state index in [4.69, 9.17) is 26.8 Å². The van der Waals surface area contributed by atoms with E-state index in [9.17, 15) is 14.4 Å². The minimum Gasteiger partial charge on any atom is -0.493 e. The van der Waals surface area contributed by atoms with Gasteiger partial charge in [0.05, 0.1) is 6.61 Å². The molecule has 1 fully saturated rings. The Kier molecular flexibility index (Phi) is 11.4. The Balaban J connectivity index is 2.62. The van der Waals surface area contributed by atoms with Gasteiger partial charge in [0.15, 0.2) is 11.4 Å². The van der Waals surface area contributed by atoms with Gasteiger partial charge in [0.25, 0.3) is 11.8 Å². The molecule has 2 unspecified atom stereocenters. The van der Waals surface area contributed by atoms with E-state index in [1.54, 1.807) is 57.2 Å². The lowest BCUT2D eigenvalue weighted by molar-refractivity contribution is -0.154. The van der Waals surface area contributed by atoms with Crippen molar-refractivity contribution in [2.24, 2.45) is 11.1 Å². The van der Waals surface area contributed by atoms with Gasteiger partial charge in [0, 0.05) is 28.7 Å². The number of nitrogens with two attached hydrogens (primary N) is 1. The van der Waals surface area contributed by atoms with Crippen molar-refractivity contribution in [2.75, 3.05) is 11.9 Å². The van der Waals surface area contributed by atoms with Crippen LogP contribution in [-0.2, 0) is 40.3 Å². The molecule has 0 bridgehead atoms. The summed E-state index contributed by atoms with van der Waals surface area (Å²) in [6, 6.07) is 12.0. The third-order valence-corrected chi connectivity index (χ3v) is 10.1. The first kappa shape index (κ1) is 39.5. The normalized spacial score (nSPS) is 16.9. The van der Waals surface area contributed by atoms with Crippen LogP contribution in [-0.4, -0.2) is 52.1 Å². The number of hydrogen-bond donors (Lipinski definition) is 2. The highest BCUT2D eigenvalue weighted by Crippen LogP contribution is 2.49. The molecule has 49 heavy (non-hydrogen) atoms. The van der Waals surface area contributed by atoms with Crippen molar-refractivity contribution >= 4 is 46.9 Å². The Morgan fingerprint density at radius 3 is 1.94 bits per heavy atom. The number of hydrogen-bond acceptors (Lipinski definition) is 7. The van der Waals surface area contributed by atoms with Crippen LogP contribution in [0, 0.1) is 5.41 Å². The highest BCUT2D eigenvalue weighted by molar-refractivity contribution is 6.30. The van der Waals surface area contributed by atoms with Gasteiger partial charge >= 0.3 is 6.09 Å². The first-order chi connectivity index (χ1) is 22.5. The molecular formula is C38H52ClN3O7. The number of alkyl halides is 1. The van der Waals surface area contributed by atoms with E-state index in [1.807, 2.05) is 47.6 Å². The number of primary amides is 1. The number of nitrogens with one attached hydrogen (secondary N) is 1. The summed E-state index contributed by atoms with van der Waals surface area (Å²) in [7, 11) is 0. The molecule has 0 aliphatic carbocycles. The molecule has 10 nitrogen and oxygen atoms in total. The summed E-state index contributed by atoms with van der Waals surface area (Å²) in [4.78, 5) is 71.1. The van der Waals surface area contributed by atoms with Gasteiger partial charge in [0.1, 0.15) is 11.1 Å². The minimum atomic E-state index is -2.55. The molecule has 2 atom stereocenters. The predicted octanol–water partition coefficient (Wildman–Crippen LogP) is 7.13. The van der Waals surface area contributed by atoms with E-state index >= 15 is 9.59 Å². The van der Waals surface area contributed by atoms with Crippen molar-refractivity contribution < 1.29 is 33.4 Å². The Morgan fingerprint density at radius 1 is 0.918 bits per heavy atom. The number of nitrogens with zero attached hydrogens (tertiary/aromatic N) is 1. The molecule has 1 aliphatic heterocycles. The lowest BCUT2D eigenvalue weighted by Gasteiger charge is -2.44. The molecule has 0 saturated carbocycles. The summed E-state index contributed by atoms with van der Waals surface area (Å²) in [6.07, 6.45) is 0.233. The number of rotatable bonds is 14. The van der Waals surface area contributed by atoms with Crippen LogP contribution in [0.1, 0.15) is 112 Å². The van der Waals surface area contributed by atoms with Crippen molar-refractivity contribution in [1.29, 1.82) is 0 Å². The van der Waals surface area contributed by atoms with E-state index in [-0.39, 0.29) is 18.6 Å². The third kappa shape index (κ3) is 7.64. The fourth-order valence-electron chi connectivity index (χ4n) is 5.79. The molecule has 0 spiro atoms. The number of halogens is 1. The number of carbonyl (C=O) groups is 5. The molecule has 2 aromatic rings. The number of imide groups is 1. The van der Waals surface area contributed by atoms with E-state index in [1.165, 1.54) is 13.8 Å². The highest BCUT2D eigenvalue weighted by atomic mass is 35.5. The van der Waals surface area contributed by atoms with Crippen LogP contribution >= 0.6 is 11.6 Å². The van der Waals surface area contributed by atoms with E-state index < -0.39 is 62.4 Å². The molecule has 2 aromatic carbocycles. The second-order valence-electron chi connectivity index (χ2n) is 15.5. The fraction of sp³-hybridized carbons (Fsp3) is 0.553. The summed E-state index contributed by atoms with van der Waals surface area (Å²) < 4.78 is 11.9. The number of carbonyl (C=O) groups excluding carboxylic acids is 5. The number of amides is 4. The molecule has 1 aliphatic rings. The number of cyclic esters (lactones) is 1. The molecule has 1 heterocycles. The average Bonchev–Trinajstić information content (AvgIpc) is 3.22. The van der Waals surface area contributed by atoms with Crippen LogP contribution in [0.2, 0.25) is 0 Å². The van der Waals surface area contributed by atoms with Crippen molar-refractivity contribution in [1.82, 2.24) is 4.90 Å². The van der Waals surface area contributed by atoms with Crippen LogP contribution in [0.3, 0.4) is 0 Å². The molecule has 3 N–H and O–H groups in total. The van der Waals surface area contributed by atoms with Crippen molar-refractivity contribution in [3.8, 4) is 5.75 Å². The van der Waals surface area contributed by atoms with E-state index in [2.05, 4.69) is 5.32 Å². The Hall–Kier alpha value is -3.92. The predicted molar refractivity (Wildman–Crippen MR) is 191 cm³/mol. The minimum absolute atomic E-state index is 0.0198. The lowest BCUT2D eigenvalue weighted by Crippen LogP contribution is -2.65. The Labute approximate surface area is 295 Å². The van der Waals surface area contributed by atoms with Gasteiger partial charge in [-0.2, -0.15) is 0 Å². The Morgan fingerprint density at radius 2 is 1.47 bits per heavy atom. The zero-order chi connectivity index (χ0) is 37.3. The van der Waals surface area contributed by atoms with E-state index in [0.29, 0.717) is 34.7 Å². The largest absolute Gasteiger partial charge is 0.493 e. The molecule has 3 rings (SSSR count). The summed E-state index contributed by atoms with van der Waals surface area (Å²) in [5, 5.41) is 1.86. The molecular weight excluding hydrogens is 646 g/mol. The molecule has 1 saturated heterocycles. The van der Waals surface area contributed by atoms with Crippen LogP contribution < -0.4 is 15.8 Å². The van der Waals surface area contributed by atoms with Gasteiger partial charge in [-0.25, -0.2) is 9.69 Å². The molecule has 4 amide bonds. The van der Waals surface area contributed by atoms with Crippen LogP contribution in [0.4, 0.5) is 10.5 Å². The Bertz CT molecular complexity index is 1610. The van der Waals surface area contributed by atoms with Gasteiger partial charge in [-0.1, -0.05) is 86.6 Å². The lowest BCUT2D eigenvalue weighted by atomic mass is 9.66. The molecule has 0 aromatic heterocycles. The monoisotopic (exact) mass is 697 g/mol. The zero-order valence-corrected chi connectivity index (χ0v) is 31.5. The molecule has 268 valence electrons. The van der Waals surface area contributed by atoms with Gasteiger partial charge in [-0.15, -0.1) is 11.6 Å². The standard InChI is InChI=1S/C38H52ClN3O7/c1-12-35(6,7)24-21-26(36(8,9)13-2)28(48-20-19-27(39)29(40)43)22-25(24)38(30(44)34(3,4)5,31(45)41-23-17-15-14-16-18-23)42-32(46)37(10,11)49-33(42)47/h14-18,21-22,27H,12-13,19-20H2,1-11H3,(H2,40,43)(H,41,45). The van der Waals surface area contributed by atoms with Gasteiger partial charge in [-0.3, -0.25) is 19.2 Å². The number of benzene rings is 2. The summed E-state index contributed by atoms with van der Waals surface area (Å²) in [5.74, 6) is -2.83. The van der Waals surface area contributed by atoms with E-state index in [0.717, 1.165) is 5.56 Å². The topological polar surface area (TPSA) is 145 Å². The number of Topliss-reactive ketones (excluding diaryl/α,β-unsaturated/α-hetero) is 1. The van der Waals surface area contributed by atoms with Gasteiger partial charge in [0.2, 0.25) is 11.4 Å². The van der Waals surface area contributed by atoms with Gasteiger partial charge in [-0.05, 0) is 61.3 Å². The summed E-state index contributed by atoms with van der Waals surface area (Å²) >= 11 is 6.15. The number of ketones is 1. The zero-order valence-electron chi connectivity index (χ0n) is 30.7. The number of anilines is 1. The van der Waals surface area contributed by atoms with Gasteiger partial charge < -0.3 is 20.5 Å². The first-order valence-electron chi connectivity index (χ1n) is 16.7. The maximum Gasteiger partial charge on any atom is 0.419 e. The third-order valence-electron chi connectivity index (χ3n) is 9.62. The summed E-state index contributed by atoms with van der Waals surface area (Å²) in [5.41, 5.74) is 0.597. The molecule has 0 radical (unpaired) electrons. The first-order valence-corrected chi connectivity index (χ1v) is 17.2. The maximum absolute atomic E-state index is 15.2. The maximum atomic E-state index is 15.2. The van der Waals surface area contributed by atoms with Crippen LogP contribution in [0.15, 0.2) is 42.5 Å². The quantitative estimate of drug-likeness (QED) is 0.158. The summed E-state index contributed by atoms with van der Waals surface area (Å²) in [6.45, 7) is 19.8. The van der Waals surface area contributed by atoms with Crippen molar-refractivity contribution in [3.63, 3.8) is 0 Å². The second kappa shape index (κ2) is 14.1. The fourth-order valence-corrected chi connectivity index (χ4v) is 5.88. The highest BCUT2D eigenvalue weighted by Gasteiger charge is 2.66. The SMILES string of the molecule is CCC(C)(C)c1cc(C(C)(C)CC)c(C(C(=O)Nc2ccccc2)(C(=O)C(C)(C)C)N2C(=O)OC(C)(C)C2=O)cc1OCCC(Cl)C(N)=O. The van der Waals surface area contributed by atoms with Crippen LogP contribution in [0.25, 0.3) is 0 Å². The van der Waals surface area contributed by atoms with Crippen molar-refractivity contribution in [2.45, 2.75) is 123 Å².